The molecule has 8 nitrogen and oxygen atoms in total. The highest BCUT2D eigenvalue weighted by molar-refractivity contribution is 7.90. The van der Waals surface area contributed by atoms with Crippen LogP contribution in [0.15, 0.2) is 41.4 Å². The number of pyridine rings is 1. The molecule has 1 amide bonds. The molecule has 0 unspecified atom stereocenters. The topological polar surface area (TPSA) is 103 Å². The van der Waals surface area contributed by atoms with E-state index in [9.17, 15) is 13.2 Å². The maximum Gasteiger partial charge on any atom is 0.407 e. The molecule has 0 spiro atoms. The van der Waals surface area contributed by atoms with E-state index in [2.05, 4.69) is 15.2 Å². The maximum atomic E-state index is 11.8. The van der Waals surface area contributed by atoms with Gasteiger partial charge >= 0.3 is 6.09 Å². The minimum absolute atomic E-state index is 0.236. The van der Waals surface area contributed by atoms with Gasteiger partial charge in [-0.3, -0.25) is 0 Å². The van der Waals surface area contributed by atoms with Crippen LogP contribution in [0.2, 0.25) is 0 Å². The number of nitrogens with one attached hydrogen (secondary N) is 1. The zero-order valence-electron chi connectivity index (χ0n) is 16.2. The molecule has 3 heterocycles. The van der Waals surface area contributed by atoms with Crippen LogP contribution in [0.3, 0.4) is 0 Å². The number of fused-ring (bicyclic) bond motifs is 1. The summed E-state index contributed by atoms with van der Waals surface area (Å²) in [5, 5.41) is 12.5. The molecule has 1 saturated heterocycles. The molecule has 29 heavy (non-hydrogen) atoms. The quantitative estimate of drug-likeness (QED) is 0.790. The van der Waals surface area contributed by atoms with Gasteiger partial charge < -0.3 is 20.2 Å². The van der Waals surface area contributed by atoms with Crippen molar-refractivity contribution in [1.29, 1.82) is 0 Å². The molecule has 154 valence electrons. The fraction of sp³-hybridized carbons (Fsp3) is 0.400. The molecule has 0 saturated carbocycles. The Bertz CT molecular complexity index is 1020. The number of carbonyl (C=O) groups is 1. The van der Waals surface area contributed by atoms with Gasteiger partial charge in [0, 0.05) is 37.6 Å². The van der Waals surface area contributed by atoms with Gasteiger partial charge in [-0.25, -0.2) is 18.2 Å². The SMILES string of the molecule is CS(=O)(=O)c1ccc2c(c1)CCN2c1ccc(NC2CCN(C(=O)O)CC2)cn1. The molecule has 9 heteroatoms. The monoisotopic (exact) mass is 416 g/mol. The van der Waals surface area contributed by atoms with Crippen molar-refractivity contribution in [3.8, 4) is 0 Å². The fourth-order valence-electron chi connectivity index (χ4n) is 3.93. The average molecular weight is 417 g/mol. The van der Waals surface area contributed by atoms with Gasteiger partial charge in [-0.2, -0.15) is 0 Å². The first-order valence-electron chi connectivity index (χ1n) is 9.62. The first-order valence-corrected chi connectivity index (χ1v) is 11.5. The molecular weight excluding hydrogens is 392 g/mol. The number of piperidine rings is 1. The van der Waals surface area contributed by atoms with E-state index in [1.165, 1.54) is 11.2 Å². The van der Waals surface area contributed by atoms with Crippen LogP contribution in [0.1, 0.15) is 18.4 Å². The number of hydrogen-bond donors (Lipinski definition) is 2. The molecule has 2 aliphatic heterocycles. The first kappa shape index (κ1) is 19.5. The largest absolute Gasteiger partial charge is 0.465 e. The van der Waals surface area contributed by atoms with E-state index in [-0.39, 0.29) is 6.04 Å². The molecule has 0 atom stereocenters. The highest BCUT2D eigenvalue weighted by atomic mass is 32.2. The first-order chi connectivity index (χ1) is 13.8. The van der Waals surface area contributed by atoms with E-state index >= 15 is 0 Å². The van der Waals surface area contributed by atoms with Gasteiger partial charge in [0.25, 0.3) is 0 Å². The van der Waals surface area contributed by atoms with E-state index in [4.69, 9.17) is 5.11 Å². The molecule has 0 aliphatic carbocycles. The number of aromatic nitrogens is 1. The second-order valence-electron chi connectivity index (χ2n) is 7.56. The summed E-state index contributed by atoms with van der Waals surface area (Å²) in [5.74, 6) is 0.821. The van der Waals surface area contributed by atoms with E-state index < -0.39 is 15.9 Å². The fourth-order valence-corrected chi connectivity index (χ4v) is 4.60. The van der Waals surface area contributed by atoms with Crippen molar-refractivity contribution in [3.05, 3.63) is 42.1 Å². The van der Waals surface area contributed by atoms with Crippen LogP contribution in [-0.4, -0.2) is 61.4 Å². The maximum absolute atomic E-state index is 11.8. The normalized spacial score (nSPS) is 17.3. The number of rotatable bonds is 4. The summed E-state index contributed by atoms with van der Waals surface area (Å²) in [5.41, 5.74) is 2.92. The summed E-state index contributed by atoms with van der Waals surface area (Å²) < 4.78 is 23.5. The van der Waals surface area contributed by atoms with Crippen LogP contribution < -0.4 is 10.2 Å². The Labute approximate surface area is 170 Å². The molecular formula is C20H24N4O4S. The van der Waals surface area contributed by atoms with Crippen molar-refractivity contribution in [2.24, 2.45) is 0 Å². The highest BCUT2D eigenvalue weighted by Gasteiger charge is 2.24. The Morgan fingerprint density at radius 1 is 1.17 bits per heavy atom. The predicted molar refractivity (Wildman–Crippen MR) is 111 cm³/mol. The molecule has 1 aromatic heterocycles. The summed E-state index contributed by atoms with van der Waals surface area (Å²) in [6.45, 7) is 1.84. The Hall–Kier alpha value is -2.81. The Morgan fingerprint density at radius 3 is 2.55 bits per heavy atom. The molecule has 1 aromatic carbocycles. The van der Waals surface area contributed by atoms with Crippen molar-refractivity contribution >= 4 is 33.1 Å². The second-order valence-corrected chi connectivity index (χ2v) is 9.57. The third kappa shape index (κ3) is 4.14. The van der Waals surface area contributed by atoms with Crippen LogP contribution >= 0.6 is 0 Å². The number of amides is 1. The average Bonchev–Trinajstić information content (AvgIpc) is 3.12. The summed E-state index contributed by atoms with van der Waals surface area (Å²) in [7, 11) is -3.21. The van der Waals surface area contributed by atoms with Gasteiger partial charge in [-0.15, -0.1) is 0 Å². The van der Waals surface area contributed by atoms with Crippen molar-refractivity contribution in [3.63, 3.8) is 0 Å². The van der Waals surface area contributed by atoms with Crippen LogP contribution in [0.5, 0.6) is 0 Å². The zero-order valence-corrected chi connectivity index (χ0v) is 17.0. The Balaban J connectivity index is 1.43. The number of anilines is 3. The van der Waals surface area contributed by atoms with Gasteiger partial charge in [0.05, 0.1) is 16.8 Å². The number of likely N-dealkylation sites (tertiary alicyclic amines) is 1. The van der Waals surface area contributed by atoms with Gasteiger partial charge in [0.2, 0.25) is 0 Å². The molecule has 1 fully saturated rings. The zero-order chi connectivity index (χ0) is 20.6. The molecule has 2 aromatic rings. The van der Waals surface area contributed by atoms with Crippen molar-refractivity contribution in [1.82, 2.24) is 9.88 Å². The molecule has 2 N–H and O–H groups in total. The van der Waals surface area contributed by atoms with E-state index in [0.29, 0.717) is 18.0 Å². The molecule has 0 radical (unpaired) electrons. The lowest BCUT2D eigenvalue weighted by Crippen LogP contribution is -2.41. The minimum Gasteiger partial charge on any atom is -0.465 e. The standard InChI is InChI=1S/C20H24N4O4S/c1-29(27,28)17-3-4-18-14(12-17)6-11-24(18)19-5-2-16(13-21-19)22-15-7-9-23(10-8-15)20(25)26/h2-5,12-13,15,22H,6-11H2,1H3,(H,25,26). The molecule has 4 rings (SSSR count). The highest BCUT2D eigenvalue weighted by Crippen LogP contribution is 2.35. The van der Waals surface area contributed by atoms with Gasteiger partial charge in [-0.1, -0.05) is 0 Å². The van der Waals surface area contributed by atoms with Gasteiger partial charge in [-0.05, 0) is 55.2 Å². The van der Waals surface area contributed by atoms with Crippen molar-refractivity contribution in [2.45, 2.75) is 30.2 Å². The van der Waals surface area contributed by atoms with E-state index in [0.717, 1.165) is 48.6 Å². The number of carboxylic acid groups (broad SMARTS) is 1. The molecule has 0 bridgehead atoms. The van der Waals surface area contributed by atoms with E-state index in [1.54, 1.807) is 18.3 Å². The lowest BCUT2D eigenvalue weighted by atomic mass is 10.1. The van der Waals surface area contributed by atoms with Crippen LogP contribution in [0.4, 0.5) is 22.0 Å². The summed E-state index contributed by atoms with van der Waals surface area (Å²) >= 11 is 0. The lowest BCUT2D eigenvalue weighted by molar-refractivity contribution is 0.134. The number of nitrogens with zero attached hydrogens (tertiary/aromatic N) is 3. The van der Waals surface area contributed by atoms with E-state index in [1.807, 2.05) is 18.2 Å². The van der Waals surface area contributed by atoms with Crippen molar-refractivity contribution < 1.29 is 18.3 Å². The second kappa shape index (κ2) is 7.55. The van der Waals surface area contributed by atoms with Crippen LogP contribution in [0, 0.1) is 0 Å². The number of benzene rings is 1. The molecule has 2 aliphatic rings. The lowest BCUT2D eigenvalue weighted by Gasteiger charge is -2.31. The third-order valence-corrected chi connectivity index (χ3v) is 6.65. The number of sulfone groups is 1. The minimum atomic E-state index is -3.21. The number of hydrogen-bond acceptors (Lipinski definition) is 6. The van der Waals surface area contributed by atoms with Gasteiger partial charge in [0.15, 0.2) is 9.84 Å². The van der Waals surface area contributed by atoms with Gasteiger partial charge in [0.1, 0.15) is 5.82 Å². The van der Waals surface area contributed by atoms with Crippen LogP contribution in [-0.2, 0) is 16.3 Å². The Morgan fingerprint density at radius 2 is 1.93 bits per heavy atom. The summed E-state index contributed by atoms with van der Waals surface area (Å²) in [4.78, 5) is 19.5. The van der Waals surface area contributed by atoms with Crippen molar-refractivity contribution in [2.75, 3.05) is 36.1 Å². The van der Waals surface area contributed by atoms with Crippen LogP contribution in [0.25, 0.3) is 0 Å². The Kier molecular flexibility index (Phi) is 5.08. The third-order valence-electron chi connectivity index (χ3n) is 5.54. The predicted octanol–water partition coefficient (Wildman–Crippen LogP) is 2.73. The summed E-state index contributed by atoms with van der Waals surface area (Å²) in [6.07, 6.45) is 4.49. The smallest absolute Gasteiger partial charge is 0.407 e. The summed E-state index contributed by atoms with van der Waals surface area (Å²) in [6, 6.07) is 9.42.